The van der Waals surface area contributed by atoms with Gasteiger partial charge in [0.1, 0.15) is 5.41 Å². The van der Waals surface area contributed by atoms with E-state index >= 15 is 0 Å². The van der Waals surface area contributed by atoms with E-state index in [0.717, 1.165) is 2.88 Å². The van der Waals surface area contributed by atoms with Crippen molar-refractivity contribution in [1.82, 2.24) is 4.90 Å². The molecule has 19 heavy (non-hydrogen) atoms. The fourth-order valence-electron chi connectivity index (χ4n) is 2.28. The van der Waals surface area contributed by atoms with E-state index in [2.05, 4.69) is 22.6 Å². The third-order valence-electron chi connectivity index (χ3n) is 3.33. The first-order valence-corrected chi connectivity index (χ1v) is 7.70. The molecule has 1 atom stereocenters. The Bertz CT molecular complexity index is 504. The molecule has 1 amide bonds. The summed E-state index contributed by atoms with van der Waals surface area (Å²) in [6, 6.07) is 1.82. The van der Waals surface area contributed by atoms with Crippen LogP contribution in [-0.4, -0.2) is 48.7 Å². The summed E-state index contributed by atoms with van der Waals surface area (Å²) < 4.78 is 6.05. The van der Waals surface area contributed by atoms with Gasteiger partial charge < -0.3 is 14.7 Å². The number of hydrogen-bond donors (Lipinski definition) is 1. The molecule has 0 radical (unpaired) electrons. The molecule has 104 valence electrons. The Morgan fingerprint density at radius 3 is 2.89 bits per heavy atom. The number of likely N-dealkylation sites (tertiary alicyclic amines) is 1. The lowest BCUT2D eigenvalue weighted by atomic mass is 9.88. The number of thiophene rings is 1. The van der Waals surface area contributed by atoms with Gasteiger partial charge >= 0.3 is 5.97 Å². The van der Waals surface area contributed by atoms with Crippen molar-refractivity contribution in [1.29, 1.82) is 0 Å². The third-order valence-corrected chi connectivity index (χ3v) is 5.12. The lowest BCUT2D eigenvalue weighted by Gasteiger charge is -2.23. The Morgan fingerprint density at radius 2 is 2.37 bits per heavy atom. The van der Waals surface area contributed by atoms with Gasteiger partial charge in [0.2, 0.25) is 0 Å². The predicted octanol–water partition coefficient (Wildman–Crippen LogP) is 1.92. The molecule has 1 aliphatic heterocycles. The molecule has 1 saturated heterocycles. The number of carboxylic acids is 1. The van der Waals surface area contributed by atoms with Gasteiger partial charge in [-0.15, -0.1) is 11.3 Å². The Balaban J connectivity index is 2.13. The van der Waals surface area contributed by atoms with Crippen LogP contribution < -0.4 is 0 Å². The zero-order valence-electron chi connectivity index (χ0n) is 10.4. The maximum atomic E-state index is 12.3. The Morgan fingerprint density at radius 1 is 1.63 bits per heavy atom. The molecule has 2 rings (SSSR count). The lowest BCUT2D eigenvalue weighted by Crippen LogP contribution is -2.40. The molecule has 7 heteroatoms. The van der Waals surface area contributed by atoms with Crippen LogP contribution in [0, 0.1) is 8.30 Å². The molecule has 5 nitrogen and oxygen atoms in total. The number of carboxylic acid groups (broad SMARTS) is 1. The molecular weight excluding hydrogens is 381 g/mol. The summed E-state index contributed by atoms with van der Waals surface area (Å²) in [7, 11) is 1.48. The minimum Gasteiger partial charge on any atom is -0.481 e. The standard InChI is InChI=1S/C12H14INO4S/c1-18-7-12(11(16)17)2-3-14(6-12)10(15)8-4-9(13)19-5-8/h4-5H,2-3,6-7H2,1H3,(H,16,17). The normalized spacial score (nSPS) is 22.7. The van der Waals surface area contributed by atoms with Crippen molar-refractivity contribution < 1.29 is 19.4 Å². The van der Waals surface area contributed by atoms with Crippen molar-refractivity contribution in [3.05, 3.63) is 19.9 Å². The molecule has 1 N–H and O–H groups in total. The van der Waals surface area contributed by atoms with Crippen molar-refractivity contribution in [3.63, 3.8) is 0 Å². The van der Waals surface area contributed by atoms with E-state index in [1.165, 1.54) is 18.4 Å². The van der Waals surface area contributed by atoms with E-state index in [-0.39, 0.29) is 19.1 Å². The largest absolute Gasteiger partial charge is 0.481 e. The fourth-order valence-corrected chi connectivity index (χ4v) is 3.60. The molecule has 0 bridgehead atoms. The number of hydrogen-bond acceptors (Lipinski definition) is 4. The van der Waals surface area contributed by atoms with Crippen LogP contribution in [0.15, 0.2) is 11.4 Å². The number of nitrogens with zero attached hydrogens (tertiary/aromatic N) is 1. The summed E-state index contributed by atoms with van der Waals surface area (Å²) in [6.07, 6.45) is 0.434. The van der Waals surface area contributed by atoms with Crippen LogP contribution in [0.2, 0.25) is 0 Å². The maximum Gasteiger partial charge on any atom is 0.313 e. The number of methoxy groups -OCH3 is 1. The van der Waals surface area contributed by atoms with Gasteiger partial charge in [0.25, 0.3) is 5.91 Å². The van der Waals surface area contributed by atoms with Crippen molar-refractivity contribution in [2.75, 3.05) is 26.8 Å². The van der Waals surface area contributed by atoms with Gasteiger partial charge in [0, 0.05) is 25.6 Å². The third kappa shape index (κ3) is 2.92. The number of aliphatic carboxylic acids is 1. The average Bonchev–Trinajstić information content (AvgIpc) is 2.96. The molecular formula is C12H14INO4S. The van der Waals surface area contributed by atoms with E-state index in [9.17, 15) is 14.7 Å². The second kappa shape index (κ2) is 5.76. The summed E-state index contributed by atoms with van der Waals surface area (Å²) in [5.41, 5.74) is -0.332. The lowest BCUT2D eigenvalue weighted by molar-refractivity contribution is -0.151. The van der Waals surface area contributed by atoms with Gasteiger partial charge in [0.15, 0.2) is 0 Å². The molecule has 1 unspecified atom stereocenters. The first kappa shape index (κ1) is 14.7. The fraction of sp³-hybridized carbons (Fsp3) is 0.500. The van der Waals surface area contributed by atoms with E-state index in [1.54, 1.807) is 10.3 Å². The number of carbonyl (C=O) groups excluding carboxylic acids is 1. The van der Waals surface area contributed by atoms with E-state index in [0.29, 0.717) is 18.5 Å². The second-order valence-corrected chi connectivity index (χ2v) is 7.44. The summed E-state index contributed by atoms with van der Waals surface area (Å²) in [5.74, 6) is -0.997. The van der Waals surface area contributed by atoms with Crippen LogP contribution in [-0.2, 0) is 9.53 Å². The molecule has 1 aromatic rings. The molecule has 1 aliphatic rings. The predicted molar refractivity (Wildman–Crippen MR) is 79.5 cm³/mol. The first-order chi connectivity index (χ1) is 8.98. The van der Waals surface area contributed by atoms with Crippen LogP contribution in [0.1, 0.15) is 16.8 Å². The number of carbonyl (C=O) groups is 2. The summed E-state index contributed by atoms with van der Waals surface area (Å²) in [6.45, 7) is 0.801. The molecule has 0 spiro atoms. The SMILES string of the molecule is COCC1(C(=O)O)CCN(C(=O)c2csc(I)c2)C1. The number of halogens is 1. The van der Waals surface area contributed by atoms with Crippen molar-refractivity contribution >= 4 is 45.8 Å². The van der Waals surface area contributed by atoms with Crippen molar-refractivity contribution in [2.45, 2.75) is 6.42 Å². The van der Waals surface area contributed by atoms with Crippen molar-refractivity contribution in [3.8, 4) is 0 Å². The second-order valence-electron chi connectivity index (χ2n) is 4.63. The van der Waals surface area contributed by atoms with Gasteiger partial charge in [-0.2, -0.15) is 0 Å². The van der Waals surface area contributed by atoms with E-state index in [1.807, 2.05) is 6.07 Å². The van der Waals surface area contributed by atoms with Gasteiger partial charge in [-0.25, -0.2) is 0 Å². The van der Waals surface area contributed by atoms with Gasteiger partial charge in [0.05, 0.1) is 15.1 Å². The zero-order valence-corrected chi connectivity index (χ0v) is 13.4. The summed E-state index contributed by atoms with van der Waals surface area (Å²) >= 11 is 3.67. The topological polar surface area (TPSA) is 66.8 Å². The van der Waals surface area contributed by atoms with Gasteiger partial charge in [-0.3, -0.25) is 9.59 Å². The highest BCUT2D eigenvalue weighted by molar-refractivity contribution is 14.1. The number of rotatable bonds is 4. The highest BCUT2D eigenvalue weighted by Crippen LogP contribution is 2.32. The Hall–Kier alpha value is -0.670. The zero-order chi connectivity index (χ0) is 14.0. The minimum atomic E-state index is -0.965. The summed E-state index contributed by atoms with van der Waals surface area (Å²) in [4.78, 5) is 25.3. The molecule has 0 saturated carbocycles. The molecule has 1 fully saturated rings. The minimum absolute atomic E-state index is 0.0987. The average molecular weight is 395 g/mol. The van der Waals surface area contributed by atoms with Crippen molar-refractivity contribution in [2.24, 2.45) is 5.41 Å². The number of amides is 1. The van der Waals surface area contributed by atoms with Crippen LogP contribution >= 0.6 is 33.9 Å². The quantitative estimate of drug-likeness (QED) is 0.792. The smallest absolute Gasteiger partial charge is 0.313 e. The Kier molecular flexibility index (Phi) is 4.46. The monoisotopic (exact) mass is 395 g/mol. The van der Waals surface area contributed by atoms with Crippen LogP contribution in [0.25, 0.3) is 0 Å². The van der Waals surface area contributed by atoms with Crippen LogP contribution in [0.4, 0.5) is 0 Å². The Labute approximate surface area is 128 Å². The molecule has 0 aliphatic carbocycles. The highest BCUT2D eigenvalue weighted by Gasteiger charge is 2.46. The highest BCUT2D eigenvalue weighted by atomic mass is 127. The van der Waals surface area contributed by atoms with E-state index < -0.39 is 11.4 Å². The van der Waals surface area contributed by atoms with Gasteiger partial charge in [-0.05, 0) is 35.1 Å². The summed E-state index contributed by atoms with van der Waals surface area (Å²) in [5, 5.41) is 11.2. The van der Waals surface area contributed by atoms with E-state index in [4.69, 9.17) is 4.74 Å². The molecule has 1 aromatic heterocycles. The van der Waals surface area contributed by atoms with Crippen LogP contribution in [0.5, 0.6) is 0 Å². The first-order valence-electron chi connectivity index (χ1n) is 5.74. The molecule has 2 heterocycles. The molecule has 0 aromatic carbocycles. The maximum absolute atomic E-state index is 12.3. The van der Waals surface area contributed by atoms with Crippen LogP contribution in [0.3, 0.4) is 0 Å². The number of ether oxygens (including phenoxy) is 1. The van der Waals surface area contributed by atoms with Gasteiger partial charge in [-0.1, -0.05) is 0 Å².